The quantitative estimate of drug-likeness (QED) is 0.286. The lowest BCUT2D eigenvalue weighted by Gasteiger charge is -2.45. The van der Waals surface area contributed by atoms with Crippen molar-refractivity contribution < 1.29 is 23.1 Å². The molecular weight excluding hydrogens is 596 g/mol. The van der Waals surface area contributed by atoms with Gasteiger partial charge in [-0.3, -0.25) is 14.8 Å². The molecule has 228 valence electrons. The van der Waals surface area contributed by atoms with E-state index in [0.717, 1.165) is 0 Å². The Bertz CT molecular complexity index is 1720. The number of aromatic nitrogens is 5. The van der Waals surface area contributed by atoms with Crippen molar-refractivity contribution in [3.8, 4) is 22.5 Å². The van der Waals surface area contributed by atoms with Crippen LogP contribution in [0, 0.1) is 5.41 Å². The molecule has 0 spiro atoms. The van der Waals surface area contributed by atoms with Gasteiger partial charge in [-0.2, -0.15) is 19.0 Å². The summed E-state index contributed by atoms with van der Waals surface area (Å²) in [5.41, 5.74) is 9.16. The number of rotatable bonds is 8. The molecule has 0 saturated carbocycles. The maximum atomic E-state index is 13.9. The Kier molecular flexibility index (Phi) is 7.53. The third kappa shape index (κ3) is 5.60. The molecule has 0 radical (unpaired) electrons. The van der Waals surface area contributed by atoms with Crippen LogP contribution < -0.4 is 5.73 Å². The SMILES string of the molecule is CC1(C)CN(C(=O)OC[C@H](c2ccc(Cl)c(-c3ncn[nH]3)c2)N2C(=O)[C@@H](c3ccc(-c4cnn(C(F)F)c4)cc3)N=C2N)C1. The van der Waals surface area contributed by atoms with Gasteiger partial charge in [0, 0.05) is 35.8 Å². The van der Waals surface area contributed by atoms with Gasteiger partial charge < -0.3 is 15.4 Å². The second-order valence-corrected chi connectivity index (χ2v) is 11.8. The highest BCUT2D eigenvalue weighted by Gasteiger charge is 2.42. The number of amides is 2. The van der Waals surface area contributed by atoms with Crippen LogP contribution >= 0.6 is 11.6 Å². The van der Waals surface area contributed by atoms with Crippen LogP contribution in [0.2, 0.25) is 5.02 Å². The zero-order valence-corrected chi connectivity index (χ0v) is 24.4. The normalized spacial score (nSPS) is 18.4. The fourth-order valence-corrected chi connectivity index (χ4v) is 5.63. The predicted molar refractivity (Wildman–Crippen MR) is 156 cm³/mol. The van der Waals surface area contributed by atoms with E-state index in [1.807, 2.05) is 0 Å². The van der Waals surface area contributed by atoms with Crippen molar-refractivity contribution in [3.63, 3.8) is 0 Å². The number of carbonyl (C=O) groups is 2. The molecule has 4 aromatic rings. The molecule has 1 fully saturated rings. The first-order valence-electron chi connectivity index (χ1n) is 13.7. The van der Waals surface area contributed by atoms with Crippen LogP contribution in [0.3, 0.4) is 0 Å². The summed E-state index contributed by atoms with van der Waals surface area (Å²) in [6.45, 7) is 2.28. The van der Waals surface area contributed by atoms with Gasteiger partial charge in [-0.25, -0.2) is 19.5 Å². The van der Waals surface area contributed by atoms with E-state index in [-0.39, 0.29) is 18.0 Å². The number of hydrogen-bond acceptors (Lipinski definition) is 8. The average Bonchev–Trinajstić information content (AvgIpc) is 3.75. The summed E-state index contributed by atoms with van der Waals surface area (Å²) in [6.07, 6.45) is 3.43. The third-order valence-electron chi connectivity index (χ3n) is 7.56. The van der Waals surface area contributed by atoms with Gasteiger partial charge in [0.2, 0.25) is 0 Å². The van der Waals surface area contributed by atoms with E-state index in [1.165, 1.54) is 23.6 Å². The summed E-state index contributed by atoms with van der Waals surface area (Å²) in [4.78, 5) is 38.3. The molecule has 0 bridgehead atoms. The number of alkyl halides is 2. The van der Waals surface area contributed by atoms with Gasteiger partial charge >= 0.3 is 12.6 Å². The van der Waals surface area contributed by atoms with Crippen molar-refractivity contribution in [1.82, 2.24) is 34.8 Å². The number of nitrogens with zero attached hydrogens (tertiary/aromatic N) is 7. The molecule has 4 heterocycles. The van der Waals surface area contributed by atoms with Crippen LogP contribution in [0.1, 0.15) is 43.6 Å². The molecule has 1 saturated heterocycles. The number of carbonyl (C=O) groups excluding carboxylic acids is 2. The molecule has 12 nitrogen and oxygen atoms in total. The van der Waals surface area contributed by atoms with Gasteiger partial charge in [-0.05, 0) is 28.8 Å². The first-order valence-corrected chi connectivity index (χ1v) is 14.0. The van der Waals surface area contributed by atoms with Gasteiger partial charge in [-0.1, -0.05) is 55.8 Å². The molecule has 0 aliphatic carbocycles. The Labute approximate surface area is 255 Å². The van der Waals surface area contributed by atoms with Gasteiger partial charge in [0.25, 0.3) is 5.91 Å². The summed E-state index contributed by atoms with van der Waals surface area (Å²) >= 11 is 6.46. The lowest BCUT2D eigenvalue weighted by Crippen LogP contribution is -2.55. The number of hydrogen-bond donors (Lipinski definition) is 2. The molecular formula is C29H28ClF2N9O3. The molecule has 0 unspecified atom stereocenters. The number of benzene rings is 2. The van der Waals surface area contributed by atoms with Crippen LogP contribution in [-0.4, -0.2) is 72.4 Å². The lowest BCUT2D eigenvalue weighted by atomic mass is 9.85. The topological polar surface area (TPSA) is 148 Å². The highest BCUT2D eigenvalue weighted by molar-refractivity contribution is 6.33. The number of aliphatic imine (C=N–C) groups is 1. The Morgan fingerprint density at radius 1 is 1.18 bits per heavy atom. The second kappa shape index (κ2) is 11.3. The number of nitrogens with one attached hydrogen (secondary N) is 1. The van der Waals surface area contributed by atoms with Crippen LogP contribution in [-0.2, 0) is 9.53 Å². The molecule has 2 aromatic heterocycles. The highest BCUT2D eigenvalue weighted by Crippen LogP contribution is 2.36. The van der Waals surface area contributed by atoms with E-state index >= 15 is 0 Å². The van der Waals surface area contributed by atoms with Crippen LogP contribution in [0.5, 0.6) is 0 Å². The Hall–Kier alpha value is -4.85. The van der Waals surface area contributed by atoms with Crippen LogP contribution in [0.15, 0.2) is 66.2 Å². The molecule has 2 atom stereocenters. The zero-order valence-electron chi connectivity index (χ0n) is 23.7. The van der Waals surface area contributed by atoms with E-state index in [0.29, 0.717) is 56.4 Å². The van der Waals surface area contributed by atoms with E-state index < -0.39 is 30.6 Å². The highest BCUT2D eigenvalue weighted by atomic mass is 35.5. The fourth-order valence-electron chi connectivity index (χ4n) is 5.42. The van der Waals surface area contributed by atoms with Crippen molar-refractivity contribution in [3.05, 3.63) is 77.3 Å². The molecule has 2 aliphatic rings. The second-order valence-electron chi connectivity index (χ2n) is 11.4. The number of ether oxygens (including phenoxy) is 1. The first-order chi connectivity index (χ1) is 21.0. The van der Waals surface area contributed by atoms with Crippen molar-refractivity contribution in [1.29, 1.82) is 0 Å². The van der Waals surface area contributed by atoms with Gasteiger partial charge in [0.05, 0.1) is 17.3 Å². The standard InChI is InChI=1S/C29H28ClF2N9O3/c1-29(2)13-39(14-29)28(43)44-12-22(18-7-8-21(30)20(9-18)24-34-15-35-38-24)41-25(42)23(37-27(41)33)17-5-3-16(4-6-17)19-10-36-40(11-19)26(31)32/h3-11,15,22-23,26H,12-14H2,1-2H3,(H2,33,37)(H,34,35,38)/t22-,23-/m1/s1. The Morgan fingerprint density at radius 3 is 2.57 bits per heavy atom. The minimum Gasteiger partial charge on any atom is -0.447 e. The minimum atomic E-state index is -2.75. The monoisotopic (exact) mass is 623 g/mol. The molecule has 2 aliphatic heterocycles. The summed E-state index contributed by atoms with van der Waals surface area (Å²) < 4.78 is 32.2. The zero-order chi connectivity index (χ0) is 31.2. The number of guanidine groups is 1. The molecule has 2 amide bonds. The van der Waals surface area contributed by atoms with Gasteiger partial charge in [-0.15, -0.1) is 0 Å². The van der Waals surface area contributed by atoms with Gasteiger partial charge in [0.15, 0.2) is 17.8 Å². The average molecular weight is 624 g/mol. The van der Waals surface area contributed by atoms with E-state index in [1.54, 1.807) is 47.4 Å². The third-order valence-corrected chi connectivity index (χ3v) is 7.89. The Morgan fingerprint density at radius 2 is 1.93 bits per heavy atom. The number of nitrogens with two attached hydrogens (primary N) is 1. The van der Waals surface area contributed by atoms with E-state index in [4.69, 9.17) is 22.1 Å². The molecule has 6 rings (SSSR count). The maximum absolute atomic E-state index is 13.9. The largest absolute Gasteiger partial charge is 0.447 e. The molecule has 44 heavy (non-hydrogen) atoms. The van der Waals surface area contributed by atoms with E-state index in [2.05, 4.69) is 39.1 Å². The summed E-state index contributed by atoms with van der Waals surface area (Å²) in [6, 6.07) is 10.1. The number of halogens is 3. The first kappa shape index (κ1) is 29.2. The fraction of sp³-hybridized carbons (Fsp3) is 0.310. The summed E-state index contributed by atoms with van der Waals surface area (Å²) in [5, 5.41) is 10.7. The van der Waals surface area contributed by atoms with E-state index in [9.17, 15) is 18.4 Å². The molecule has 2 aromatic carbocycles. The summed E-state index contributed by atoms with van der Waals surface area (Å²) in [5.74, 6) is -0.0606. The molecule has 3 N–H and O–H groups in total. The maximum Gasteiger partial charge on any atom is 0.409 e. The number of H-pyrrole nitrogens is 1. The lowest BCUT2D eigenvalue weighted by molar-refractivity contribution is -0.130. The number of aromatic amines is 1. The van der Waals surface area contributed by atoms with Crippen molar-refractivity contribution in [2.24, 2.45) is 16.1 Å². The van der Waals surface area contributed by atoms with Crippen LogP contribution in [0.25, 0.3) is 22.5 Å². The predicted octanol–water partition coefficient (Wildman–Crippen LogP) is 4.80. The molecule has 15 heteroatoms. The summed E-state index contributed by atoms with van der Waals surface area (Å²) in [7, 11) is 0. The minimum absolute atomic E-state index is 0.00869. The van der Waals surface area contributed by atoms with Gasteiger partial charge in [0.1, 0.15) is 12.9 Å². The Balaban J connectivity index is 1.27. The van der Waals surface area contributed by atoms with Crippen molar-refractivity contribution in [2.75, 3.05) is 19.7 Å². The number of likely N-dealkylation sites (tertiary alicyclic amines) is 1. The van der Waals surface area contributed by atoms with Crippen LogP contribution in [0.4, 0.5) is 13.6 Å². The van der Waals surface area contributed by atoms with Crippen molar-refractivity contribution in [2.45, 2.75) is 32.5 Å². The van der Waals surface area contributed by atoms with Crippen molar-refractivity contribution >= 4 is 29.6 Å². The smallest absolute Gasteiger partial charge is 0.409 e.